The molecular weight excluding hydrogens is 348 g/mol. The molecule has 1 heterocycles. The zero-order valence-electron chi connectivity index (χ0n) is 14.0. The predicted molar refractivity (Wildman–Crippen MR) is 91.0 cm³/mol. The Morgan fingerprint density at radius 1 is 1.36 bits per heavy atom. The van der Waals surface area contributed by atoms with Gasteiger partial charge >= 0.3 is 5.97 Å². The van der Waals surface area contributed by atoms with Gasteiger partial charge in [-0.1, -0.05) is 23.7 Å². The molecule has 9 heteroatoms. The molecule has 1 unspecified atom stereocenters. The van der Waals surface area contributed by atoms with Crippen molar-refractivity contribution in [2.75, 3.05) is 11.5 Å². The number of hydrogen-bond donors (Lipinski definition) is 2. The minimum absolute atomic E-state index is 0.0719. The summed E-state index contributed by atoms with van der Waals surface area (Å²) in [5, 5.41) is 16.1. The second kappa shape index (κ2) is 7.64. The minimum Gasteiger partial charge on any atom is -0.480 e. The molecule has 0 saturated heterocycles. The third-order valence-corrected chi connectivity index (χ3v) is 5.56. The van der Waals surface area contributed by atoms with E-state index in [2.05, 4.69) is 10.5 Å². The summed E-state index contributed by atoms with van der Waals surface area (Å²) >= 11 is 0. The van der Waals surface area contributed by atoms with Crippen LogP contribution in [-0.4, -0.2) is 48.1 Å². The van der Waals surface area contributed by atoms with Gasteiger partial charge in [0.15, 0.2) is 5.58 Å². The fourth-order valence-corrected chi connectivity index (χ4v) is 3.21. The van der Waals surface area contributed by atoms with Crippen LogP contribution in [0.3, 0.4) is 0 Å². The van der Waals surface area contributed by atoms with Crippen LogP contribution in [0.2, 0.25) is 0 Å². The van der Waals surface area contributed by atoms with Gasteiger partial charge in [0.1, 0.15) is 21.6 Å². The van der Waals surface area contributed by atoms with E-state index >= 15 is 0 Å². The molecule has 1 aromatic carbocycles. The van der Waals surface area contributed by atoms with E-state index in [4.69, 9.17) is 4.52 Å². The number of nitrogens with one attached hydrogen (secondary N) is 1. The summed E-state index contributed by atoms with van der Waals surface area (Å²) in [6.07, 6.45) is -0.337. The number of aliphatic carboxylic acids is 1. The zero-order valence-corrected chi connectivity index (χ0v) is 14.8. The van der Waals surface area contributed by atoms with Crippen LogP contribution in [-0.2, 0) is 25.8 Å². The number of carbonyl (C=O) groups is 2. The number of benzene rings is 1. The Kier molecular flexibility index (Phi) is 5.78. The maximum atomic E-state index is 12.1. The van der Waals surface area contributed by atoms with Crippen molar-refractivity contribution in [1.29, 1.82) is 0 Å². The molecule has 1 amide bonds. The highest BCUT2D eigenvalue weighted by molar-refractivity contribution is 7.91. The van der Waals surface area contributed by atoms with Crippen molar-refractivity contribution >= 4 is 32.7 Å². The van der Waals surface area contributed by atoms with Gasteiger partial charge in [-0.2, -0.15) is 0 Å². The summed E-state index contributed by atoms with van der Waals surface area (Å²) in [6.45, 7) is 3.38. The summed E-state index contributed by atoms with van der Waals surface area (Å²) in [4.78, 5) is 23.4. The Hall–Kier alpha value is -2.42. The first-order valence-corrected chi connectivity index (χ1v) is 9.61. The first-order valence-electron chi connectivity index (χ1n) is 7.79. The number of rotatable bonds is 8. The summed E-state index contributed by atoms with van der Waals surface area (Å²) in [6, 6.07) is 4.16. The number of nitrogens with zero attached hydrogens (tertiary/aromatic N) is 1. The highest BCUT2D eigenvalue weighted by Gasteiger charge is 2.23. The Morgan fingerprint density at radius 2 is 2.08 bits per heavy atom. The second-order valence-electron chi connectivity index (χ2n) is 5.79. The van der Waals surface area contributed by atoms with Gasteiger partial charge in [0.05, 0.1) is 12.2 Å². The molecule has 0 aliphatic carbocycles. The molecule has 1 aromatic heterocycles. The maximum absolute atomic E-state index is 12.1. The van der Waals surface area contributed by atoms with Crippen LogP contribution in [0.15, 0.2) is 22.7 Å². The van der Waals surface area contributed by atoms with Crippen LogP contribution in [0.1, 0.15) is 24.6 Å². The van der Waals surface area contributed by atoms with Gasteiger partial charge in [-0.15, -0.1) is 0 Å². The molecule has 0 spiro atoms. The average molecular weight is 368 g/mol. The number of amides is 1. The van der Waals surface area contributed by atoms with Gasteiger partial charge in [-0.05, 0) is 25.5 Å². The summed E-state index contributed by atoms with van der Waals surface area (Å²) in [5.74, 6) is -2.21. The van der Waals surface area contributed by atoms with Crippen LogP contribution >= 0.6 is 0 Å². The minimum atomic E-state index is -3.31. The lowest BCUT2D eigenvalue weighted by atomic mass is 10.1. The Morgan fingerprint density at radius 3 is 2.72 bits per heavy atom. The van der Waals surface area contributed by atoms with E-state index in [-0.39, 0.29) is 24.3 Å². The molecule has 0 aliphatic rings. The normalized spacial score (nSPS) is 12.9. The largest absolute Gasteiger partial charge is 0.480 e. The molecule has 8 nitrogen and oxygen atoms in total. The van der Waals surface area contributed by atoms with Crippen LogP contribution in [0, 0.1) is 6.92 Å². The second-order valence-corrected chi connectivity index (χ2v) is 8.26. The third-order valence-electron chi connectivity index (χ3n) is 3.82. The van der Waals surface area contributed by atoms with Crippen molar-refractivity contribution in [3.8, 4) is 0 Å². The lowest BCUT2D eigenvalue weighted by Gasteiger charge is -2.14. The fourth-order valence-electron chi connectivity index (χ4n) is 2.33. The van der Waals surface area contributed by atoms with Crippen LogP contribution < -0.4 is 5.32 Å². The lowest BCUT2D eigenvalue weighted by Crippen LogP contribution is -2.42. The molecule has 0 aliphatic heterocycles. The van der Waals surface area contributed by atoms with Gasteiger partial charge in [0, 0.05) is 11.1 Å². The lowest BCUT2D eigenvalue weighted by molar-refractivity contribution is -0.141. The molecule has 0 fully saturated rings. The van der Waals surface area contributed by atoms with Gasteiger partial charge in [-0.3, -0.25) is 4.79 Å². The van der Waals surface area contributed by atoms with E-state index in [1.807, 2.05) is 19.1 Å². The zero-order chi connectivity index (χ0) is 18.6. The van der Waals surface area contributed by atoms with Gasteiger partial charge in [0.2, 0.25) is 5.91 Å². The number of aromatic nitrogens is 1. The molecule has 0 bridgehead atoms. The monoisotopic (exact) mass is 368 g/mol. The number of fused-ring (bicyclic) bond motifs is 1. The summed E-state index contributed by atoms with van der Waals surface area (Å²) < 4.78 is 28.2. The molecule has 1 atom stereocenters. The first-order chi connectivity index (χ1) is 11.7. The molecular formula is C16H20N2O6S. The highest BCUT2D eigenvalue weighted by atomic mass is 32.2. The number of carboxylic acids is 1. The summed E-state index contributed by atoms with van der Waals surface area (Å²) in [7, 11) is -3.31. The van der Waals surface area contributed by atoms with Crippen LogP contribution in [0.25, 0.3) is 11.0 Å². The molecule has 136 valence electrons. The molecule has 25 heavy (non-hydrogen) atoms. The van der Waals surface area contributed by atoms with E-state index in [1.54, 1.807) is 6.07 Å². The van der Waals surface area contributed by atoms with Crippen LogP contribution in [0.5, 0.6) is 0 Å². The number of hydrogen-bond acceptors (Lipinski definition) is 6. The predicted octanol–water partition coefficient (Wildman–Crippen LogP) is 1.07. The van der Waals surface area contributed by atoms with E-state index in [9.17, 15) is 23.1 Å². The van der Waals surface area contributed by atoms with Crippen molar-refractivity contribution < 1.29 is 27.6 Å². The van der Waals surface area contributed by atoms with Crippen molar-refractivity contribution in [1.82, 2.24) is 10.5 Å². The first kappa shape index (κ1) is 18.9. The quantitative estimate of drug-likeness (QED) is 0.713. The van der Waals surface area contributed by atoms with Crippen LogP contribution in [0.4, 0.5) is 0 Å². The Bertz CT molecular complexity index is 887. The Labute approximate surface area is 145 Å². The van der Waals surface area contributed by atoms with Crippen molar-refractivity contribution in [2.24, 2.45) is 0 Å². The number of aryl methyl sites for hydroxylation is 1. The van der Waals surface area contributed by atoms with Gasteiger partial charge < -0.3 is 14.9 Å². The maximum Gasteiger partial charge on any atom is 0.326 e. The number of sulfone groups is 1. The molecule has 2 rings (SSSR count). The van der Waals surface area contributed by atoms with Gasteiger partial charge in [0.25, 0.3) is 0 Å². The molecule has 0 saturated carbocycles. The average Bonchev–Trinajstić information content (AvgIpc) is 2.93. The van der Waals surface area contributed by atoms with E-state index in [0.717, 1.165) is 5.56 Å². The molecule has 0 radical (unpaired) electrons. The topological polar surface area (TPSA) is 127 Å². The standard InChI is InChI=1S/C16H20N2O6S/c1-3-25(22,23)7-6-12(16(20)21)17-15(19)9-13-11-8-10(2)4-5-14(11)24-18-13/h4-5,8,12H,3,6-7,9H2,1-2H3,(H,17,19)(H,20,21). The molecule has 2 aromatic rings. The highest BCUT2D eigenvalue weighted by Crippen LogP contribution is 2.20. The van der Waals surface area contributed by atoms with E-state index < -0.39 is 27.8 Å². The molecule has 2 N–H and O–H groups in total. The van der Waals surface area contributed by atoms with Gasteiger partial charge in [-0.25, -0.2) is 13.2 Å². The third kappa shape index (κ3) is 5.02. The SMILES string of the molecule is CCS(=O)(=O)CCC(NC(=O)Cc1noc2ccc(C)cc12)C(=O)O. The van der Waals surface area contributed by atoms with E-state index in [1.165, 1.54) is 6.92 Å². The smallest absolute Gasteiger partial charge is 0.326 e. The summed E-state index contributed by atoms with van der Waals surface area (Å²) in [5.41, 5.74) is 1.92. The van der Waals surface area contributed by atoms with Crippen molar-refractivity contribution in [3.05, 3.63) is 29.5 Å². The fraction of sp³-hybridized carbons (Fsp3) is 0.438. The number of carbonyl (C=O) groups excluding carboxylic acids is 1. The Balaban J connectivity index is 2.05. The van der Waals surface area contributed by atoms with Crippen molar-refractivity contribution in [2.45, 2.75) is 32.7 Å². The number of carboxylic acid groups (broad SMARTS) is 1. The van der Waals surface area contributed by atoms with Crippen molar-refractivity contribution in [3.63, 3.8) is 0 Å². The van der Waals surface area contributed by atoms with E-state index in [0.29, 0.717) is 16.7 Å².